The van der Waals surface area contributed by atoms with E-state index < -0.39 is 17.4 Å². The Labute approximate surface area is 86.3 Å². The van der Waals surface area contributed by atoms with Gasteiger partial charge in [-0.1, -0.05) is 0 Å². The molecule has 0 unspecified atom stereocenters. The molecule has 0 spiro atoms. The van der Waals surface area contributed by atoms with E-state index in [1.807, 2.05) is 0 Å². The molecule has 1 heterocycles. The second-order valence-electron chi connectivity index (χ2n) is 3.86. The van der Waals surface area contributed by atoms with Crippen LogP contribution in [0.1, 0.15) is 35.5 Å². The molecule has 5 heteroatoms. The van der Waals surface area contributed by atoms with Crippen LogP contribution in [0.15, 0.2) is 10.7 Å². The van der Waals surface area contributed by atoms with Crippen molar-refractivity contribution in [1.82, 2.24) is 0 Å². The number of aryl methyl sites for hydroxylation is 1. The molecule has 0 radical (unpaired) electrons. The number of carboxylic acids is 2. The van der Waals surface area contributed by atoms with E-state index in [0.29, 0.717) is 5.56 Å². The predicted octanol–water partition coefficient (Wildman–Crippen LogP) is 1.65. The Morgan fingerprint density at radius 3 is 2.27 bits per heavy atom. The van der Waals surface area contributed by atoms with Gasteiger partial charge in [-0.05, 0) is 20.8 Å². The molecule has 0 saturated carbocycles. The van der Waals surface area contributed by atoms with E-state index in [1.54, 1.807) is 6.92 Å². The summed E-state index contributed by atoms with van der Waals surface area (Å²) in [6.07, 6.45) is 1.25. The van der Waals surface area contributed by atoms with Gasteiger partial charge in [-0.25, -0.2) is 4.79 Å². The largest absolute Gasteiger partial charge is 0.481 e. The molecule has 0 fully saturated rings. The van der Waals surface area contributed by atoms with Crippen molar-refractivity contribution in [2.75, 3.05) is 0 Å². The molecule has 5 nitrogen and oxygen atoms in total. The highest BCUT2D eigenvalue weighted by Crippen LogP contribution is 2.30. The summed E-state index contributed by atoms with van der Waals surface area (Å²) in [6, 6.07) is 0. The summed E-state index contributed by atoms with van der Waals surface area (Å²) in [4.78, 5) is 21.9. The second-order valence-corrected chi connectivity index (χ2v) is 3.86. The van der Waals surface area contributed by atoms with E-state index in [4.69, 9.17) is 14.6 Å². The van der Waals surface area contributed by atoms with Gasteiger partial charge in [0.15, 0.2) is 0 Å². The molecule has 0 aromatic carbocycles. The Balaban J connectivity index is 3.39. The minimum Gasteiger partial charge on any atom is -0.481 e. The number of hydrogen-bond acceptors (Lipinski definition) is 3. The zero-order valence-electron chi connectivity index (χ0n) is 8.70. The van der Waals surface area contributed by atoms with Crippen molar-refractivity contribution in [2.24, 2.45) is 0 Å². The van der Waals surface area contributed by atoms with Gasteiger partial charge in [-0.15, -0.1) is 0 Å². The second kappa shape index (κ2) is 3.42. The standard InChI is InChI=1S/C10H12O5/c1-5-4-15-7(6(5)8(11)12)10(2,3)9(13)14/h4H,1-3H3,(H,11,12)(H,13,14). The Morgan fingerprint density at radius 1 is 1.33 bits per heavy atom. The zero-order chi connectivity index (χ0) is 11.8. The number of rotatable bonds is 3. The fourth-order valence-corrected chi connectivity index (χ4v) is 1.27. The molecule has 0 saturated heterocycles. The molecule has 0 aliphatic rings. The highest BCUT2D eigenvalue weighted by Gasteiger charge is 2.37. The molecule has 1 aromatic rings. The van der Waals surface area contributed by atoms with Gasteiger partial charge in [0.25, 0.3) is 0 Å². The van der Waals surface area contributed by atoms with Gasteiger partial charge >= 0.3 is 11.9 Å². The summed E-state index contributed by atoms with van der Waals surface area (Å²) in [5.41, 5.74) is -0.989. The van der Waals surface area contributed by atoms with E-state index >= 15 is 0 Å². The van der Waals surface area contributed by atoms with Crippen LogP contribution < -0.4 is 0 Å². The van der Waals surface area contributed by atoms with Crippen molar-refractivity contribution in [3.05, 3.63) is 23.2 Å². The van der Waals surface area contributed by atoms with Crippen LogP contribution in [0.2, 0.25) is 0 Å². The Hall–Kier alpha value is -1.78. The number of carboxylic acid groups (broad SMARTS) is 2. The molecule has 82 valence electrons. The average molecular weight is 212 g/mol. The molecule has 15 heavy (non-hydrogen) atoms. The van der Waals surface area contributed by atoms with Crippen LogP contribution >= 0.6 is 0 Å². The maximum Gasteiger partial charge on any atom is 0.339 e. The van der Waals surface area contributed by atoms with E-state index in [2.05, 4.69) is 0 Å². The first-order valence-corrected chi connectivity index (χ1v) is 4.33. The molecule has 2 N–H and O–H groups in total. The van der Waals surface area contributed by atoms with Gasteiger partial charge in [0, 0.05) is 5.56 Å². The summed E-state index contributed by atoms with van der Waals surface area (Å²) in [5, 5.41) is 17.9. The molecule has 0 atom stereocenters. The number of carbonyl (C=O) groups is 2. The van der Waals surface area contributed by atoms with Crippen LogP contribution in [0.25, 0.3) is 0 Å². The van der Waals surface area contributed by atoms with Gasteiger partial charge in [-0.2, -0.15) is 0 Å². The van der Waals surface area contributed by atoms with Crippen molar-refractivity contribution in [1.29, 1.82) is 0 Å². The van der Waals surface area contributed by atoms with Gasteiger partial charge < -0.3 is 14.6 Å². The number of furan rings is 1. The summed E-state index contributed by atoms with van der Waals surface area (Å²) >= 11 is 0. The molecular formula is C10H12O5. The molecule has 1 aromatic heterocycles. The maximum atomic E-state index is 11.0. The molecule has 0 amide bonds. The summed E-state index contributed by atoms with van der Waals surface area (Å²) in [5.74, 6) is -2.33. The van der Waals surface area contributed by atoms with Crippen LogP contribution in [0, 0.1) is 6.92 Å². The van der Waals surface area contributed by atoms with Crippen molar-refractivity contribution >= 4 is 11.9 Å². The van der Waals surface area contributed by atoms with Crippen LogP contribution in [0.5, 0.6) is 0 Å². The lowest BCUT2D eigenvalue weighted by Crippen LogP contribution is -2.29. The quantitative estimate of drug-likeness (QED) is 0.795. The van der Waals surface area contributed by atoms with Crippen LogP contribution in [0.4, 0.5) is 0 Å². The molecule has 1 rings (SSSR count). The number of aromatic carboxylic acids is 1. The van der Waals surface area contributed by atoms with E-state index in [-0.39, 0.29) is 11.3 Å². The first-order chi connectivity index (χ1) is 6.78. The van der Waals surface area contributed by atoms with Crippen molar-refractivity contribution in [2.45, 2.75) is 26.2 Å². The monoisotopic (exact) mass is 212 g/mol. The van der Waals surface area contributed by atoms with Crippen LogP contribution in [-0.4, -0.2) is 22.2 Å². The third-order valence-electron chi connectivity index (χ3n) is 2.29. The average Bonchev–Trinajstić information content (AvgIpc) is 2.47. The molecular weight excluding hydrogens is 200 g/mol. The first-order valence-electron chi connectivity index (χ1n) is 4.33. The first kappa shape index (κ1) is 11.3. The minimum atomic E-state index is -1.35. The van der Waals surface area contributed by atoms with E-state index in [0.717, 1.165) is 0 Å². The molecule has 0 bridgehead atoms. The highest BCUT2D eigenvalue weighted by atomic mass is 16.4. The van der Waals surface area contributed by atoms with Crippen molar-refractivity contribution < 1.29 is 24.2 Å². The Morgan fingerprint density at radius 2 is 1.87 bits per heavy atom. The maximum absolute atomic E-state index is 11.0. The lowest BCUT2D eigenvalue weighted by Gasteiger charge is -2.16. The van der Waals surface area contributed by atoms with Crippen LogP contribution in [0.3, 0.4) is 0 Å². The SMILES string of the molecule is Cc1coc(C(C)(C)C(=O)O)c1C(=O)O. The summed E-state index contributed by atoms with van der Waals surface area (Å²) < 4.78 is 5.02. The van der Waals surface area contributed by atoms with Gasteiger partial charge in [0.2, 0.25) is 0 Å². The van der Waals surface area contributed by atoms with E-state index in [9.17, 15) is 9.59 Å². The normalized spacial score (nSPS) is 11.4. The number of aliphatic carboxylic acids is 1. The third-order valence-corrected chi connectivity index (χ3v) is 2.29. The number of hydrogen-bond donors (Lipinski definition) is 2. The predicted molar refractivity (Wildman–Crippen MR) is 51.1 cm³/mol. The smallest absolute Gasteiger partial charge is 0.339 e. The molecule has 0 aliphatic heterocycles. The van der Waals surface area contributed by atoms with Gasteiger partial charge in [0.05, 0.1) is 6.26 Å². The van der Waals surface area contributed by atoms with Gasteiger partial charge in [-0.3, -0.25) is 4.79 Å². The fourth-order valence-electron chi connectivity index (χ4n) is 1.27. The fraction of sp³-hybridized carbons (Fsp3) is 0.400. The van der Waals surface area contributed by atoms with Crippen LogP contribution in [-0.2, 0) is 10.2 Å². The summed E-state index contributed by atoms with van der Waals surface area (Å²) in [6.45, 7) is 4.37. The minimum absolute atomic E-state index is 0.0278. The Bertz CT molecular complexity index is 413. The summed E-state index contributed by atoms with van der Waals surface area (Å²) in [7, 11) is 0. The Kier molecular flexibility index (Phi) is 2.57. The lowest BCUT2D eigenvalue weighted by molar-refractivity contribution is -0.143. The third kappa shape index (κ3) is 1.72. The van der Waals surface area contributed by atoms with E-state index in [1.165, 1.54) is 20.1 Å². The topological polar surface area (TPSA) is 87.7 Å². The zero-order valence-corrected chi connectivity index (χ0v) is 8.70. The lowest BCUT2D eigenvalue weighted by atomic mass is 9.87. The van der Waals surface area contributed by atoms with Crippen molar-refractivity contribution in [3.8, 4) is 0 Å². The highest BCUT2D eigenvalue weighted by molar-refractivity contribution is 5.93. The van der Waals surface area contributed by atoms with Gasteiger partial charge in [0.1, 0.15) is 16.7 Å². The molecule has 0 aliphatic carbocycles. The van der Waals surface area contributed by atoms with Crippen molar-refractivity contribution in [3.63, 3.8) is 0 Å².